The number of para-hydroxylation sites is 1. The van der Waals surface area contributed by atoms with Gasteiger partial charge in [0.1, 0.15) is 0 Å². The molecule has 2 N–H and O–H groups in total. The Morgan fingerprint density at radius 3 is 2.76 bits per heavy atom. The Bertz CT molecular complexity index is 926. The van der Waals surface area contributed by atoms with Crippen LogP contribution in [-0.4, -0.2) is 4.98 Å². The number of rotatable bonds is 2. The van der Waals surface area contributed by atoms with Crippen LogP contribution in [0.3, 0.4) is 0 Å². The molecule has 3 heteroatoms. The van der Waals surface area contributed by atoms with Gasteiger partial charge in [0.2, 0.25) is 0 Å². The third-order valence-corrected chi connectivity index (χ3v) is 4.80. The number of pyridine rings is 1. The zero-order chi connectivity index (χ0) is 14.2. The Morgan fingerprint density at radius 2 is 1.81 bits per heavy atom. The maximum atomic E-state index is 6.48. The van der Waals surface area contributed by atoms with E-state index < -0.39 is 0 Å². The summed E-state index contributed by atoms with van der Waals surface area (Å²) in [5.74, 6) is 0. The topological polar surface area (TPSA) is 38.9 Å². The van der Waals surface area contributed by atoms with Gasteiger partial charge < -0.3 is 5.73 Å². The summed E-state index contributed by atoms with van der Waals surface area (Å²) in [5, 5.41) is 4.53. The van der Waals surface area contributed by atoms with E-state index in [1.807, 2.05) is 24.4 Å². The van der Waals surface area contributed by atoms with E-state index in [4.69, 9.17) is 5.73 Å². The van der Waals surface area contributed by atoms with Gasteiger partial charge in [-0.05, 0) is 40.1 Å². The van der Waals surface area contributed by atoms with Crippen molar-refractivity contribution in [3.8, 4) is 0 Å². The molecule has 0 saturated heterocycles. The van der Waals surface area contributed by atoms with Gasteiger partial charge in [-0.2, -0.15) is 0 Å². The molecule has 1 atom stereocenters. The first-order chi connectivity index (χ1) is 10.3. The minimum absolute atomic E-state index is 0.141. The van der Waals surface area contributed by atoms with E-state index in [1.54, 1.807) is 11.3 Å². The number of aromatic nitrogens is 1. The van der Waals surface area contributed by atoms with Crippen molar-refractivity contribution in [2.45, 2.75) is 6.04 Å². The van der Waals surface area contributed by atoms with Crippen LogP contribution in [-0.2, 0) is 0 Å². The van der Waals surface area contributed by atoms with Crippen LogP contribution in [0.25, 0.3) is 21.0 Å². The number of hydrogen-bond donors (Lipinski definition) is 1. The van der Waals surface area contributed by atoms with Gasteiger partial charge in [-0.25, -0.2) is 0 Å². The summed E-state index contributed by atoms with van der Waals surface area (Å²) in [7, 11) is 0. The van der Waals surface area contributed by atoms with E-state index in [-0.39, 0.29) is 6.04 Å². The number of hydrogen-bond acceptors (Lipinski definition) is 3. The molecule has 0 radical (unpaired) electrons. The fourth-order valence-electron chi connectivity index (χ4n) is 2.68. The Hall–Kier alpha value is -2.23. The number of nitrogens with zero attached hydrogens (tertiary/aromatic N) is 1. The molecule has 0 aliphatic heterocycles. The van der Waals surface area contributed by atoms with Crippen LogP contribution in [0, 0.1) is 0 Å². The predicted molar refractivity (Wildman–Crippen MR) is 89.6 cm³/mol. The van der Waals surface area contributed by atoms with Crippen LogP contribution in [0.1, 0.15) is 17.2 Å². The van der Waals surface area contributed by atoms with Crippen LogP contribution in [0.5, 0.6) is 0 Å². The molecule has 0 amide bonds. The first-order valence-corrected chi connectivity index (χ1v) is 7.77. The molecule has 0 saturated carbocycles. The molecule has 0 fully saturated rings. The molecule has 2 heterocycles. The number of benzene rings is 2. The van der Waals surface area contributed by atoms with Gasteiger partial charge in [0.15, 0.2) is 0 Å². The second-order valence-electron chi connectivity index (χ2n) is 5.13. The van der Waals surface area contributed by atoms with Crippen molar-refractivity contribution in [3.05, 3.63) is 77.3 Å². The molecule has 0 aliphatic carbocycles. The summed E-state index contributed by atoms with van der Waals surface area (Å²) in [6, 6.07) is 18.5. The van der Waals surface area contributed by atoms with E-state index in [1.165, 1.54) is 15.6 Å². The summed E-state index contributed by atoms with van der Waals surface area (Å²) in [6.45, 7) is 0. The number of fused-ring (bicyclic) bond motifs is 2. The summed E-state index contributed by atoms with van der Waals surface area (Å²) in [4.78, 5) is 4.52. The van der Waals surface area contributed by atoms with E-state index in [0.29, 0.717) is 0 Å². The Balaban J connectivity index is 1.83. The summed E-state index contributed by atoms with van der Waals surface area (Å²) >= 11 is 1.74. The lowest BCUT2D eigenvalue weighted by Crippen LogP contribution is -2.11. The molecular weight excluding hydrogens is 276 g/mol. The van der Waals surface area contributed by atoms with Crippen LogP contribution >= 0.6 is 11.3 Å². The highest BCUT2D eigenvalue weighted by atomic mass is 32.1. The smallest absolute Gasteiger partial charge is 0.0702 e. The third kappa shape index (κ3) is 2.11. The molecule has 1 unspecified atom stereocenters. The maximum Gasteiger partial charge on any atom is 0.0702 e. The molecule has 2 aromatic heterocycles. The first kappa shape index (κ1) is 12.5. The molecule has 4 aromatic rings. The summed E-state index contributed by atoms with van der Waals surface area (Å²) in [6.07, 6.45) is 1.89. The van der Waals surface area contributed by atoms with Crippen molar-refractivity contribution >= 4 is 32.3 Å². The lowest BCUT2D eigenvalue weighted by atomic mass is 9.99. The second-order valence-corrected chi connectivity index (χ2v) is 6.04. The number of thiophene rings is 1. The average Bonchev–Trinajstić information content (AvgIpc) is 2.98. The molecule has 2 nitrogen and oxygen atoms in total. The minimum atomic E-state index is -0.141. The fraction of sp³-hybridized carbons (Fsp3) is 0.0556. The molecule has 2 aromatic carbocycles. The highest BCUT2D eigenvalue weighted by Gasteiger charge is 2.14. The molecule has 102 valence electrons. The van der Waals surface area contributed by atoms with Crippen LogP contribution in [0.15, 0.2) is 66.2 Å². The second kappa shape index (κ2) is 4.95. The molecular formula is C18H14N2S. The van der Waals surface area contributed by atoms with Crippen molar-refractivity contribution in [2.75, 3.05) is 0 Å². The normalized spacial score (nSPS) is 12.8. The van der Waals surface area contributed by atoms with Gasteiger partial charge in [0, 0.05) is 16.3 Å². The SMILES string of the molecule is NC(c1cnc2ccccc2c1)c1csc2ccccc12. The standard InChI is InChI=1S/C18H14N2S/c19-18(15-11-21-17-8-4-2-6-14(15)17)13-9-12-5-1-3-7-16(12)20-10-13/h1-11,18H,19H2. The highest BCUT2D eigenvalue weighted by Crippen LogP contribution is 2.32. The van der Waals surface area contributed by atoms with Crippen molar-refractivity contribution in [3.63, 3.8) is 0 Å². The van der Waals surface area contributed by atoms with E-state index in [9.17, 15) is 0 Å². The van der Waals surface area contributed by atoms with Crippen molar-refractivity contribution < 1.29 is 0 Å². The van der Waals surface area contributed by atoms with Crippen molar-refractivity contribution in [1.82, 2.24) is 4.98 Å². The maximum absolute atomic E-state index is 6.48. The Kier molecular flexibility index (Phi) is 2.95. The van der Waals surface area contributed by atoms with Gasteiger partial charge in [0.25, 0.3) is 0 Å². The molecule has 21 heavy (non-hydrogen) atoms. The molecule has 4 rings (SSSR count). The largest absolute Gasteiger partial charge is 0.320 e. The van der Waals surface area contributed by atoms with E-state index in [2.05, 4.69) is 46.8 Å². The van der Waals surface area contributed by atoms with Crippen molar-refractivity contribution in [2.24, 2.45) is 5.73 Å². The van der Waals surface area contributed by atoms with E-state index >= 15 is 0 Å². The minimum Gasteiger partial charge on any atom is -0.320 e. The monoisotopic (exact) mass is 290 g/mol. The van der Waals surface area contributed by atoms with Gasteiger partial charge in [-0.3, -0.25) is 4.98 Å². The van der Waals surface area contributed by atoms with Gasteiger partial charge in [0.05, 0.1) is 11.6 Å². The fourth-order valence-corrected chi connectivity index (χ4v) is 3.67. The van der Waals surface area contributed by atoms with Crippen molar-refractivity contribution in [1.29, 1.82) is 0 Å². The molecule has 0 spiro atoms. The zero-order valence-electron chi connectivity index (χ0n) is 11.4. The summed E-state index contributed by atoms with van der Waals surface area (Å²) in [5.41, 5.74) is 9.71. The molecule has 0 bridgehead atoms. The average molecular weight is 290 g/mol. The number of nitrogens with two attached hydrogens (primary N) is 1. The Labute approximate surface area is 126 Å². The first-order valence-electron chi connectivity index (χ1n) is 6.89. The molecule has 0 aliphatic rings. The predicted octanol–water partition coefficient (Wildman–Crippen LogP) is 4.50. The van der Waals surface area contributed by atoms with Crippen LogP contribution in [0.4, 0.5) is 0 Å². The highest BCUT2D eigenvalue weighted by molar-refractivity contribution is 7.17. The third-order valence-electron chi connectivity index (χ3n) is 3.82. The van der Waals surface area contributed by atoms with Gasteiger partial charge in [-0.1, -0.05) is 36.4 Å². The summed E-state index contributed by atoms with van der Waals surface area (Å²) < 4.78 is 1.27. The zero-order valence-corrected chi connectivity index (χ0v) is 12.2. The van der Waals surface area contributed by atoms with Gasteiger partial charge in [-0.15, -0.1) is 11.3 Å². The van der Waals surface area contributed by atoms with E-state index in [0.717, 1.165) is 16.5 Å². The van der Waals surface area contributed by atoms with Crippen LogP contribution in [0.2, 0.25) is 0 Å². The Morgan fingerprint density at radius 1 is 1.00 bits per heavy atom. The quantitative estimate of drug-likeness (QED) is 0.590. The lowest BCUT2D eigenvalue weighted by molar-refractivity contribution is 0.880. The lowest BCUT2D eigenvalue weighted by Gasteiger charge is -2.12. The van der Waals surface area contributed by atoms with Gasteiger partial charge >= 0.3 is 0 Å². The van der Waals surface area contributed by atoms with Crippen LogP contribution < -0.4 is 5.73 Å².